The number of benzene rings is 2. The Balaban J connectivity index is 2.14. The zero-order chi connectivity index (χ0) is 16.0. The molecule has 5 heteroatoms. The third-order valence-corrected chi connectivity index (χ3v) is 4.10. The minimum Gasteiger partial charge on any atom is -0.493 e. The van der Waals surface area contributed by atoms with Crippen LogP contribution in [-0.4, -0.2) is 20.2 Å². The van der Waals surface area contributed by atoms with Gasteiger partial charge in [0, 0.05) is 16.7 Å². The molecule has 1 aliphatic heterocycles. The van der Waals surface area contributed by atoms with Gasteiger partial charge in [-0.1, -0.05) is 0 Å². The second kappa shape index (κ2) is 5.05. The van der Waals surface area contributed by atoms with E-state index in [0.29, 0.717) is 17.1 Å². The number of hydrogen-bond acceptors (Lipinski definition) is 5. The van der Waals surface area contributed by atoms with Gasteiger partial charge in [0.15, 0.2) is 11.5 Å². The summed E-state index contributed by atoms with van der Waals surface area (Å²) in [4.78, 5) is 12.2. The average Bonchev–Trinajstić information content (AvgIpc) is 3.22. The summed E-state index contributed by atoms with van der Waals surface area (Å²) < 4.78 is 21.2. The number of fused-ring (bicyclic) bond motifs is 2. The van der Waals surface area contributed by atoms with E-state index < -0.39 is 0 Å². The molecule has 0 radical (unpaired) electrons. The number of furan rings is 1. The monoisotopic (exact) mass is 310 g/mol. The Labute approximate surface area is 132 Å². The first-order valence-electron chi connectivity index (χ1n) is 7.14. The Kier molecular flexibility index (Phi) is 3.01. The van der Waals surface area contributed by atoms with E-state index in [0.717, 1.165) is 27.5 Å². The third kappa shape index (κ3) is 1.97. The molecule has 0 N–H and O–H groups in total. The minimum absolute atomic E-state index is 0.281. The molecule has 23 heavy (non-hydrogen) atoms. The lowest BCUT2D eigenvalue weighted by molar-refractivity contribution is 0.0535. The molecular formula is C18H14O5. The van der Waals surface area contributed by atoms with Gasteiger partial charge >= 0.3 is 5.97 Å². The van der Waals surface area contributed by atoms with E-state index in [1.54, 1.807) is 26.7 Å². The fourth-order valence-electron chi connectivity index (χ4n) is 3.05. The van der Waals surface area contributed by atoms with Crippen molar-refractivity contribution in [1.29, 1.82) is 0 Å². The summed E-state index contributed by atoms with van der Waals surface area (Å²) in [7, 11) is 3.18. The molecule has 0 fully saturated rings. The highest BCUT2D eigenvalue weighted by Crippen LogP contribution is 2.42. The highest BCUT2D eigenvalue weighted by molar-refractivity contribution is 6.11. The van der Waals surface area contributed by atoms with Gasteiger partial charge in [-0.05, 0) is 35.0 Å². The van der Waals surface area contributed by atoms with Gasteiger partial charge in [0.25, 0.3) is 0 Å². The minimum atomic E-state index is -0.312. The molecule has 0 unspecified atom stereocenters. The maximum Gasteiger partial charge on any atom is 0.339 e. The summed E-state index contributed by atoms with van der Waals surface area (Å²) >= 11 is 0. The number of rotatable bonds is 3. The van der Waals surface area contributed by atoms with Crippen LogP contribution in [0.2, 0.25) is 0 Å². The van der Waals surface area contributed by atoms with Crippen LogP contribution in [0.1, 0.15) is 15.9 Å². The maximum absolute atomic E-state index is 12.2. The number of hydrogen-bond donors (Lipinski definition) is 0. The zero-order valence-corrected chi connectivity index (χ0v) is 12.7. The molecule has 1 aromatic heterocycles. The second-order valence-corrected chi connectivity index (χ2v) is 5.30. The number of methoxy groups -OCH3 is 2. The number of ether oxygens (including phenoxy) is 3. The quantitative estimate of drug-likeness (QED) is 0.689. The van der Waals surface area contributed by atoms with Gasteiger partial charge in [0.05, 0.1) is 32.3 Å². The van der Waals surface area contributed by atoms with Crippen LogP contribution < -0.4 is 9.47 Å². The van der Waals surface area contributed by atoms with Gasteiger partial charge in [-0.3, -0.25) is 0 Å². The summed E-state index contributed by atoms with van der Waals surface area (Å²) in [6.07, 6.45) is 3.21. The second-order valence-electron chi connectivity index (χ2n) is 5.30. The predicted octanol–water partition coefficient (Wildman–Crippen LogP) is 3.79. The Hall–Kier alpha value is -2.95. The van der Waals surface area contributed by atoms with Gasteiger partial charge in [0.2, 0.25) is 0 Å². The normalized spacial score (nSPS) is 13.0. The van der Waals surface area contributed by atoms with E-state index in [2.05, 4.69) is 0 Å². The highest BCUT2D eigenvalue weighted by atomic mass is 16.5. The topological polar surface area (TPSA) is 57.9 Å². The van der Waals surface area contributed by atoms with Crippen molar-refractivity contribution in [2.75, 3.05) is 14.2 Å². The van der Waals surface area contributed by atoms with Crippen molar-refractivity contribution in [3.05, 3.63) is 47.9 Å². The molecule has 0 amide bonds. The molecule has 0 spiro atoms. The van der Waals surface area contributed by atoms with Crippen molar-refractivity contribution in [3.8, 4) is 22.6 Å². The van der Waals surface area contributed by atoms with Gasteiger partial charge in [-0.2, -0.15) is 0 Å². The summed E-state index contributed by atoms with van der Waals surface area (Å²) in [6.45, 7) is 0.281. The number of carbonyl (C=O) groups is 1. The van der Waals surface area contributed by atoms with E-state index >= 15 is 0 Å². The average molecular weight is 310 g/mol. The van der Waals surface area contributed by atoms with E-state index in [1.165, 1.54) is 0 Å². The summed E-state index contributed by atoms with van der Waals surface area (Å²) in [6, 6.07) is 7.57. The van der Waals surface area contributed by atoms with Crippen LogP contribution in [0.3, 0.4) is 0 Å². The van der Waals surface area contributed by atoms with Crippen molar-refractivity contribution in [1.82, 2.24) is 0 Å². The summed E-state index contributed by atoms with van der Waals surface area (Å²) in [5, 5.41) is 1.84. The molecule has 1 aliphatic rings. The molecule has 5 nitrogen and oxygen atoms in total. The number of carbonyl (C=O) groups excluding carboxylic acids is 1. The molecule has 0 atom stereocenters. The SMILES string of the molecule is COc1cc2cc3c(c(-c4ccoc4)c2cc1OC)C(=O)OC3. The predicted molar refractivity (Wildman–Crippen MR) is 83.9 cm³/mol. The lowest BCUT2D eigenvalue weighted by atomic mass is 9.91. The van der Waals surface area contributed by atoms with E-state index in [1.807, 2.05) is 24.3 Å². The smallest absolute Gasteiger partial charge is 0.339 e. The molecular weight excluding hydrogens is 296 g/mol. The Morgan fingerprint density at radius 2 is 1.83 bits per heavy atom. The molecule has 0 saturated heterocycles. The van der Waals surface area contributed by atoms with Crippen LogP contribution in [0.4, 0.5) is 0 Å². The number of cyclic esters (lactones) is 1. The van der Waals surface area contributed by atoms with Crippen molar-refractivity contribution >= 4 is 16.7 Å². The van der Waals surface area contributed by atoms with Gasteiger partial charge in [-0.15, -0.1) is 0 Å². The van der Waals surface area contributed by atoms with Crippen molar-refractivity contribution in [2.45, 2.75) is 6.61 Å². The molecule has 0 bridgehead atoms. The van der Waals surface area contributed by atoms with E-state index in [4.69, 9.17) is 18.6 Å². The lowest BCUT2D eigenvalue weighted by Crippen LogP contribution is -1.99. The summed E-state index contributed by atoms with van der Waals surface area (Å²) in [5.41, 5.74) is 3.09. The van der Waals surface area contributed by atoms with E-state index in [-0.39, 0.29) is 12.6 Å². The van der Waals surface area contributed by atoms with Crippen molar-refractivity contribution in [3.63, 3.8) is 0 Å². The van der Waals surface area contributed by atoms with Gasteiger partial charge in [0.1, 0.15) is 6.61 Å². The van der Waals surface area contributed by atoms with Gasteiger partial charge in [-0.25, -0.2) is 4.79 Å². The first-order valence-corrected chi connectivity index (χ1v) is 7.14. The third-order valence-electron chi connectivity index (χ3n) is 4.10. The van der Waals surface area contributed by atoms with Crippen LogP contribution in [0.25, 0.3) is 21.9 Å². The van der Waals surface area contributed by atoms with Crippen LogP contribution in [0.15, 0.2) is 41.2 Å². The first kappa shape index (κ1) is 13.7. The molecule has 0 saturated carbocycles. The zero-order valence-electron chi connectivity index (χ0n) is 12.7. The standard InChI is InChI=1S/C18H14O5/c1-20-14-6-11-5-12-9-23-18(19)17(12)16(10-3-4-22-8-10)13(11)7-15(14)21-2/h3-8H,9H2,1-2H3. The fourth-order valence-corrected chi connectivity index (χ4v) is 3.05. The largest absolute Gasteiger partial charge is 0.493 e. The molecule has 3 aromatic rings. The van der Waals surface area contributed by atoms with Crippen LogP contribution >= 0.6 is 0 Å². The Morgan fingerprint density at radius 1 is 1.04 bits per heavy atom. The highest BCUT2D eigenvalue weighted by Gasteiger charge is 2.28. The van der Waals surface area contributed by atoms with Crippen molar-refractivity contribution < 1.29 is 23.4 Å². The molecule has 4 rings (SSSR count). The van der Waals surface area contributed by atoms with Crippen LogP contribution in [0.5, 0.6) is 11.5 Å². The number of esters is 1. The summed E-state index contributed by atoms with van der Waals surface area (Å²) in [5.74, 6) is 0.937. The lowest BCUT2D eigenvalue weighted by Gasteiger charge is -2.13. The molecule has 0 aliphatic carbocycles. The van der Waals surface area contributed by atoms with Crippen LogP contribution in [-0.2, 0) is 11.3 Å². The molecule has 116 valence electrons. The van der Waals surface area contributed by atoms with Crippen molar-refractivity contribution in [2.24, 2.45) is 0 Å². The molecule has 2 aromatic carbocycles. The van der Waals surface area contributed by atoms with E-state index in [9.17, 15) is 4.79 Å². The maximum atomic E-state index is 12.2. The van der Waals surface area contributed by atoms with Crippen LogP contribution in [0, 0.1) is 0 Å². The fraction of sp³-hybridized carbons (Fsp3) is 0.167. The Bertz CT molecular complexity index is 909. The Morgan fingerprint density at radius 3 is 2.52 bits per heavy atom. The van der Waals surface area contributed by atoms with Gasteiger partial charge < -0.3 is 18.6 Å². The molecule has 2 heterocycles. The first-order chi connectivity index (χ1) is 11.2.